The number of nitrogens with zero attached hydrogens (tertiary/aromatic N) is 2. The van der Waals surface area contributed by atoms with Crippen LogP contribution in [0.4, 0.5) is 0 Å². The van der Waals surface area contributed by atoms with E-state index in [1.54, 1.807) is 0 Å². The molecule has 0 unspecified atom stereocenters. The van der Waals surface area contributed by atoms with Crippen LogP contribution in [0.15, 0.2) is 146 Å². The molecule has 0 amide bonds. The molecule has 0 fully saturated rings. The number of hydrogen-bond acceptors (Lipinski definition) is 1. The zero-order valence-electron chi connectivity index (χ0n) is 22.8. The molecule has 2 aliphatic carbocycles. The van der Waals surface area contributed by atoms with E-state index in [1.807, 2.05) is 0 Å². The Bertz CT molecular complexity index is 2330. The van der Waals surface area contributed by atoms with Crippen LogP contribution < -0.4 is 0 Å². The molecule has 2 heteroatoms. The molecule has 2 heterocycles. The van der Waals surface area contributed by atoms with Crippen LogP contribution >= 0.6 is 0 Å². The molecule has 6 aromatic carbocycles. The van der Waals surface area contributed by atoms with Gasteiger partial charge >= 0.3 is 0 Å². The van der Waals surface area contributed by atoms with Gasteiger partial charge in [0.2, 0.25) is 0 Å². The van der Waals surface area contributed by atoms with E-state index in [4.69, 9.17) is 4.98 Å². The summed E-state index contributed by atoms with van der Waals surface area (Å²) in [5, 5.41) is 2.36. The maximum absolute atomic E-state index is 5.08. The second-order valence-electron chi connectivity index (χ2n) is 11.5. The van der Waals surface area contributed by atoms with E-state index in [9.17, 15) is 0 Å². The first-order chi connectivity index (χ1) is 20.9. The standard InChI is InChI=1S/C40H24N2/c1-6-17-31-25(12-1)26-13-2-7-18-32(26)40(31)33-19-8-3-15-28(33)38-34(40)20-11-23-37(38)42-24-30-27-14-4-9-21-35(27)41-39(30)29-16-5-10-22-36(29)42/h1-24H. The normalized spacial score (nSPS) is 13.9. The number of pyridine rings is 1. The van der Waals surface area contributed by atoms with E-state index in [2.05, 4.69) is 150 Å². The molecule has 0 N–H and O–H groups in total. The summed E-state index contributed by atoms with van der Waals surface area (Å²) in [6.07, 6.45) is 2.31. The van der Waals surface area contributed by atoms with E-state index >= 15 is 0 Å². The lowest BCUT2D eigenvalue weighted by molar-refractivity contribution is 0.793. The molecule has 0 saturated heterocycles. The van der Waals surface area contributed by atoms with Gasteiger partial charge in [0, 0.05) is 28.1 Å². The van der Waals surface area contributed by atoms with Gasteiger partial charge in [-0.1, -0.05) is 121 Å². The smallest absolute Gasteiger partial charge is 0.0824 e. The van der Waals surface area contributed by atoms with E-state index in [1.165, 1.54) is 66.5 Å². The first-order valence-electron chi connectivity index (χ1n) is 14.6. The second kappa shape index (κ2) is 7.84. The predicted octanol–water partition coefficient (Wildman–Crippen LogP) is 9.63. The van der Waals surface area contributed by atoms with Gasteiger partial charge in [-0.3, -0.25) is 0 Å². The van der Waals surface area contributed by atoms with Crippen LogP contribution in [0, 0.1) is 0 Å². The number of rotatable bonds is 1. The van der Waals surface area contributed by atoms with Gasteiger partial charge in [-0.25, -0.2) is 4.98 Å². The van der Waals surface area contributed by atoms with Gasteiger partial charge in [0.05, 0.1) is 27.8 Å². The Hall–Kier alpha value is -5.47. The average molecular weight is 533 g/mol. The highest BCUT2D eigenvalue weighted by molar-refractivity contribution is 6.07. The Morgan fingerprint density at radius 2 is 1.02 bits per heavy atom. The van der Waals surface area contributed by atoms with Crippen molar-refractivity contribution in [2.45, 2.75) is 5.41 Å². The summed E-state index contributed by atoms with van der Waals surface area (Å²) >= 11 is 0. The van der Waals surface area contributed by atoms with Crippen molar-refractivity contribution >= 4 is 21.8 Å². The van der Waals surface area contributed by atoms with Gasteiger partial charge < -0.3 is 4.57 Å². The summed E-state index contributed by atoms with van der Waals surface area (Å²) in [7, 11) is 0. The quantitative estimate of drug-likeness (QED) is 0.206. The molecular weight excluding hydrogens is 508 g/mol. The van der Waals surface area contributed by atoms with Crippen molar-refractivity contribution in [1.29, 1.82) is 0 Å². The van der Waals surface area contributed by atoms with E-state index < -0.39 is 0 Å². The molecule has 194 valence electrons. The van der Waals surface area contributed by atoms with Crippen LogP contribution in [0.2, 0.25) is 0 Å². The van der Waals surface area contributed by atoms with Crippen molar-refractivity contribution in [2.24, 2.45) is 0 Å². The summed E-state index contributed by atoms with van der Waals surface area (Å²) in [6.45, 7) is 0. The largest absolute Gasteiger partial charge is 0.315 e. The van der Waals surface area contributed by atoms with Crippen molar-refractivity contribution in [2.75, 3.05) is 0 Å². The van der Waals surface area contributed by atoms with E-state index in [-0.39, 0.29) is 5.41 Å². The minimum Gasteiger partial charge on any atom is -0.315 e. The minimum absolute atomic E-state index is 0.357. The average Bonchev–Trinajstić information content (AvgIpc) is 3.69. The van der Waals surface area contributed by atoms with Gasteiger partial charge in [0.1, 0.15) is 0 Å². The Morgan fingerprint density at radius 3 is 1.79 bits per heavy atom. The van der Waals surface area contributed by atoms with Crippen molar-refractivity contribution in [3.63, 3.8) is 0 Å². The number of aromatic nitrogens is 2. The van der Waals surface area contributed by atoms with Crippen LogP contribution in [-0.4, -0.2) is 9.55 Å². The number of fused-ring (bicyclic) bond motifs is 15. The third-order valence-corrected chi connectivity index (χ3v) is 9.62. The molecule has 2 aliphatic heterocycles. The third kappa shape index (κ3) is 2.54. The maximum Gasteiger partial charge on any atom is 0.0824 e. The highest BCUT2D eigenvalue weighted by Crippen LogP contribution is 2.63. The summed E-state index contributed by atoms with van der Waals surface area (Å²) in [5.41, 5.74) is 16.0. The molecule has 1 spiro atoms. The van der Waals surface area contributed by atoms with Gasteiger partial charge in [-0.05, 0) is 57.1 Å². The van der Waals surface area contributed by atoms with Crippen LogP contribution in [0.3, 0.4) is 0 Å². The SMILES string of the molecule is c1ccc2c(c1)-c1ccccc1C21c2ccccc2-c2c(-n3cc4c5ccccc5nc-4c4ccccc43)cccc21. The number of para-hydroxylation sites is 2. The highest BCUT2D eigenvalue weighted by atomic mass is 15.0. The van der Waals surface area contributed by atoms with Crippen LogP contribution in [0.5, 0.6) is 0 Å². The summed E-state index contributed by atoms with van der Waals surface area (Å²) in [4.78, 5) is 5.08. The Balaban J connectivity index is 1.37. The first kappa shape index (κ1) is 22.2. The minimum atomic E-state index is -0.357. The predicted molar refractivity (Wildman–Crippen MR) is 171 cm³/mol. The van der Waals surface area contributed by atoms with Crippen LogP contribution in [0.25, 0.3) is 61.0 Å². The van der Waals surface area contributed by atoms with Gasteiger partial charge in [-0.2, -0.15) is 0 Å². The monoisotopic (exact) mass is 532 g/mol. The topological polar surface area (TPSA) is 17.8 Å². The zero-order valence-corrected chi connectivity index (χ0v) is 22.8. The molecule has 2 nitrogen and oxygen atoms in total. The van der Waals surface area contributed by atoms with Crippen molar-refractivity contribution in [1.82, 2.24) is 9.55 Å². The Kier molecular flexibility index (Phi) is 4.15. The molecule has 0 saturated carbocycles. The first-order valence-corrected chi connectivity index (χ1v) is 14.6. The zero-order chi connectivity index (χ0) is 27.4. The molecule has 42 heavy (non-hydrogen) atoms. The molecule has 0 aromatic heterocycles. The van der Waals surface area contributed by atoms with Gasteiger partial charge in [0.15, 0.2) is 0 Å². The summed E-state index contributed by atoms with van der Waals surface area (Å²) < 4.78 is 2.41. The third-order valence-electron chi connectivity index (χ3n) is 9.62. The molecule has 4 aliphatic rings. The summed E-state index contributed by atoms with van der Waals surface area (Å²) in [5.74, 6) is 0. The fourth-order valence-corrected chi connectivity index (χ4v) is 8.05. The second-order valence-corrected chi connectivity index (χ2v) is 11.5. The number of benzene rings is 6. The lowest BCUT2D eigenvalue weighted by Gasteiger charge is -2.30. The lowest BCUT2D eigenvalue weighted by atomic mass is 9.70. The van der Waals surface area contributed by atoms with Gasteiger partial charge in [0.25, 0.3) is 0 Å². The van der Waals surface area contributed by atoms with Gasteiger partial charge in [-0.15, -0.1) is 0 Å². The highest BCUT2D eigenvalue weighted by Gasteiger charge is 2.52. The summed E-state index contributed by atoms with van der Waals surface area (Å²) in [6, 6.07) is 51.1. The molecule has 6 aromatic rings. The Labute approximate surface area is 243 Å². The Morgan fingerprint density at radius 1 is 0.452 bits per heavy atom. The van der Waals surface area contributed by atoms with Crippen molar-refractivity contribution < 1.29 is 0 Å². The molecular formula is C40H24N2. The van der Waals surface area contributed by atoms with Crippen LogP contribution in [-0.2, 0) is 5.41 Å². The fraction of sp³-hybridized carbons (Fsp3) is 0.0250. The van der Waals surface area contributed by atoms with E-state index in [0.29, 0.717) is 0 Å². The lowest BCUT2D eigenvalue weighted by Crippen LogP contribution is -2.25. The fourth-order valence-electron chi connectivity index (χ4n) is 8.05. The maximum atomic E-state index is 5.08. The molecule has 0 radical (unpaired) electrons. The molecule has 0 atom stereocenters. The van der Waals surface area contributed by atoms with E-state index in [0.717, 1.165) is 16.7 Å². The van der Waals surface area contributed by atoms with Crippen LogP contribution in [0.1, 0.15) is 22.3 Å². The molecule has 10 rings (SSSR count). The number of hydrogen-bond donors (Lipinski definition) is 0. The van der Waals surface area contributed by atoms with Crippen molar-refractivity contribution in [3.8, 4) is 39.2 Å². The molecule has 0 bridgehead atoms. The van der Waals surface area contributed by atoms with Crippen molar-refractivity contribution in [3.05, 3.63) is 168 Å².